The minimum Gasteiger partial charge on any atom is -0.383 e. The Hall–Kier alpha value is -0.890. The lowest BCUT2D eigenvalue weighted by atomic mass is 9.73. The fourth-order valence-corrected chi connectivity index (χ4v) is 2.44. The van der Waals surface area contributed by atoms with Crippen LogP contribution in [0.15, 0.2) is 23.3 Å². The van der Waals surface area contributed by atoms with Crippen LogP contribution < -0.4 is 0 Å². The molecule has 0 saturated heterocycles. The lowest BCUT2D eigenvalue weighted by Crippen LogP contribution is -2.37. The van der Waals surface area contributed by atoms with E-state index < -0.39 is 5.41 Å². The van der Waals surface area contributed by atoms with Crippen molar-refractivity contribution in [2.24, 2.45) is 11.3 Å². The molecule has 0 aromatic rings. The van der Waals surface area contributed by atoms with E-state index in [4.69, 9.17) is 4.74 Å². The Bertz CT molecular complexity index is 328. The Morgan fingerprint density at radius 2 is 1.93 bits per heavy atom. The summed E-state index contributed by atoms with van der Waals surface area (Å²) < 4.78 is 5.27. The average molecular weight is 206 g/mol. The predicted octanol–water partition coefficient (Wildman–Crippen LogP) is 2.50. The normalized spacial score (nSPS) is 23.7. The molecule has 15 heavy (non-hydrogen) atoms. The van der Waals surface area contributed by atoms with Crippen molar-refractivity contribution in [2.45, 2.75) is 26.7 Å². The molecule has 0 aliphatic heterocycles. The maximum absolute atomic E-state index is 12.4. The van der Waals surface area contributed by atoms with E-state index in [1.807, 2.05) is 13.8 Å². The first-order valence-electron chi connectivity index (χ1n) is 5.52. The van der Waals surface area contributed by atoms with E-state index in [0.29, 0.717) is 12.4 Å². The molecule has 1 saturated carbocycles. The quantitative estimate of drug-likeness (QED) is 0.706. The molecule has 0 bridgehead atoms. The molecule has 2 nitrogen and oxygen atoms in total. The molecule has 0 aromatic carbocycles. The van der Waals surface area contributed by atoms with Gasteiger partial charge in [-0.15, -0.1) is 0 Å². The summed E-state index contributed by atoms with van der Waals surface area (Å²) in [5, 5.41) is 0. The summed E-state index contributed by atoms with van der Waals surface area (Å²) in [7, 11) is 1.67. The number of carbonyl (C=O) groups is 1. The minimum atomic E-state index is -0.435. The number of hydrogen-bond acceptors (Lipinski definition) is 2. The Morgan fingerprint density at radius 3 is 2.33 bits per heavy atom. The fraction of sp³-hybridized carbons (Fsp3) is 0.615. The lowest BCUT2D eigenvalue weighted by molar-refractivity contribution is -0.128. The number of ketones is 1. The van der Waals surface area contributed by atoms with E-state index in [-0.39, 0.29) is 5.92 Å². The van der Waals surface area contributed by atoms with Crippen LogP contribution in [0.3, 0.4) is 0 Å². The molecule has 0 spiro atoms. The molecule has 0 N–H and O–H groups in total. The van der Waals surface area contributed by atoms with Gasteiger partial charge in [0, 0.05) is 13.0 Å². The SMILES string of the molecule is COCC1(C(=O)C2CC2)C(C)=CC=C1C. The summed E-state index contributed by atoms with van der Waals surface area (Å²) in [4.78, 5) is 12.4. The molecule has 0 unspecified atom stereocenters. The molecule has 0 heterocycles. The van der Waals surface area contributed by atoms with Gasteiger partial charge in [0.15, 0.2) is 5.78 Å². The summed E-state index contributed by atoms with van der Waals surface area (Å²) in [5.74, 6) is 0.648. The van der Waals surface area contributed by atoms with Crippen molar-refractivity contribution in [1.82, 2.24) is 0 Å². The smallest absolute Gasteiger partial charge is 0.152 e. The standard InChI is InChI=1S/C13H18O2/c1-9-4-5-10(2)13(9,8-15-3)12(14)11-6-7-11/h4-5,11H,6-8H2,1-3H3. The monoisotopic (exact) mass is 206 g/mol. The lowest BCUT2D eigenvalue weighted by Gasteiger charge is -2.31. The molecule has 2 aliphatic carbocycles. The molecule has 2 aliphatic rings. The highest BCUT2D eigenvalue weighted by molar-refractivity contribution is 5.95. The van der Waals surface area contributed by atoms with Crippen LogP contribution in [0.1, 0.15) is 26.7 Å². The van der Waals surface area contributed by atoms with Crippen molar-refractivity contribution in [3.63, 3.8) is 0 Å². The number of Topliss-reactive ketones (excluding diaryl/α,β-unsaturated/α-hetero) is 1. The number of methoxy groups -OCH3 is 1. The van der Waals surface area contributed by atoms with Crippen LogP contribution in [-0.4, -0.2) is 19.5 Å². The second-order valence-electron chi connectivity index (χ2n) is 4.68. The number of rotatable bonds is 4. The average Bonchev–Trinajstić information content (AvgIpc) is 3.01. The largest absolute Gasteiger partial charge is 0.383 e. The van der Waals surface area contributed by atoms with Crippen molar-refractivity contribution in [3.05, 3.63) is 23.3 Å². The third kappa shape index (κ3) is 1.48. The predicted molar refractivity (Wildman–Crippen MR) is 59.6 cm³/mol. The van der Waals surface area contributed by atoms with Gasteiger partial charge >= 0.3 is 0 Å². The van der Waals surface area contributed by atoms with Crippen LogP contribution in [0.25, 0.3) is 0 Å². The Morgan fingerprint density at radius 1 is 1.40 bits per heavy atom. The molecule has 0 amide bonds. The molecule has 82 valence electrons. The highest BCUT2D eigenvalue weighted by Crippen LogP contribution is 2.47. The van der Waals surface area contributed by atoms with Crippen LogP contribution in [-0.2, 0) is 9.53 Å². The molecule has 2 heteroatoms. The van der Waals surface area contributed by atoms with Crippen molar-refractivity contribution >= 4 is 5.78 Å². The van der Waals surface area contributed by atoms with E-state index in [0.717, 1.165) is 24.0 Å². The third-order valence-corrected chi connectivity index (χ3v) is 3.66. The maximum Gasteiger partial charge on any atom is 0.152 e. The van der Waals surface area contributed by atoms with Gasteiger partial charge in [-0.2, -0.15) is 0 Å². The van der Waals surface area contributed by atoms with Crippen LogP contribution in [0.5, 0.6) is 0 Å². The van der Waals surface area contributed by atoms with Crippen LogP contribution >= 0.6 is 0 Å². The van der Waals surface area contributed by atoms with Crippen molar-refractivity contribution in [2.75, 3.05) is 13.7 Å². The van der Waals surface area contributed by atoms with Gasteiger partial charge < -0.3 is 4.74 Å². The maximum atomic E-state index is 12.4. The zero-order valence-corrected chi connectivity index (χ0v) is 9.67. The molecular weight excluding hydrogens is 188 g/mol. The number of hydrogen-bond donors (Lipinski definition) is 0. The highest BCUT2D eigenvalue weighted by atomic mass is 16.5. The first-order chi connectivity index (χ1) is 7.13. The summed E-state index contributed by atoms with van der Waals surface area (Å²) in [6.45, 7) is 4.56. The van der Waals surface area contributed by atoms with Gasteiger partial charge in [-0.05, 0) is 26.7 Å². The van der Waals surface area contributed by atoms with Gasteiger partial charge in [-0.25, -0.2) is 0 Å². The van der Waals surface area contributed by atoms with Gasteiger partial charge in [-0.3, -0.25) is 4.79 Å². The molecular formula is C13H18O2. The first-order valence-corrected chi connectivity index (χ1v) is 5.52. The van der Waals surface area contributed by atoms with E-state index in [2.05, 4.69) is 12.2 Å². The van der Waals surface area contributed by atoms with Crippen LogP contribution in [0, 0.1) is 11.3 Å². The van der Waals surface area contributed by atoms with E-state index in [9.17, 15) is 4.79 Å². The number of ether oxygens (including phenoxy) is 1. The number of allylic oxidation sites excluding steroid dienone is 2. The molecule has 0 aromatic heterocycles. The molecule has 0 radical (unpaired) electrons. The Labute approximate surface area is 91.0 Å². The van der Waals surface area contributed by atoms with Crippen molar-refractivity contribution in [1.29, 1.82) is 0 Å². The van der Waals surface area contributed by atoms with Crippen molar-refractivity contribution < 1.29 is 9.53 Å². The third-order valence-electron chi connectivity index (χ3n) is 3.66. The Balaban J connectivity index is 2.34. The second-order valence-corrected chi connectivity index (χ2v) is 4.68. The van der Waals surface area contributed by atoms with E-state index >= 15 is 0 Å². The molecule has 0 atom stereocenters. The Kier molecular flexibility index (Phi) is 2.55. The first kappa shape index (κ1) is 10.6. The van der Waals surface area contributed by atoms with Gasteiger partial charge in [0.1, 0.15) is 0 Å². The second kappa shape index (κ2) is 3.60. The van der Waals surface area contributed by atoms with Gasteiger partial charge in [-0.1, -0.05) is 23.3 Å². The summed E-state index contributed by atoms with van der Waals surface area (Å²) in [6.07, 6.45) is 6.22. The van der Waals surface area contributed by atoms with E-state index in [1.165, 1.54) is 0 Å². The van der Waals surface area contributed by atoms with E-state index in [1.54, 1.807) is 7.11 Å². The fourth-order valence-electron chi connectivity index (χ4n) is 2.44. The summed E-state index contributed by atoms with van der Waals surface area (Å²) in [6, 6.07) is 0. The highest BCUT2D eigenvalue weighted by Gasteiger charge is 2.49. The summed E-state index contributed by atoms with van der Waals surface area (Å²) in [5.41, 5.74) is 1.84. The number of carbonyl (C=O) groups excluding carboxylic acids is 1. The zero-order valence-electron chi connectivity index (χ0n) is 9.67. The topological polar surface area (TPSA) is 26.3 Å². The zero-order chi connectivity index (χ0) is 11.1. The molecule has 1 fully saturated rings. The van der Waals surface area contributed by atoms with Crippen molar-refractivity contribution in [3.8, 4) is 0 Å². The van der Waals surface area contributed by atoms with Crippen LogP contribution in [0.4, 0.5) is 0 Å². The molecule has 2 rings (SSSR count). The van der Waals surface area contributed by atoms with Gasteiger partial charge in [0.05, 0.1) is 12.0 Å². The minimum absolute atomic E-state index is 0.282. The van der Waals surface area contributed by atoms with Gasteiger partial charge in [0.2, 0.25) is 0 Å². The van der Waals surface area contributed by atoms with Crippen LogP contribution in [0.2, 0.25) is 0 Å². The van der Waals surface area contributed by atoms with Gasteiger partial charge in [0.25, 0.3) is 0 Å². The summed E-state index contributed by atoms with van der Waals surface area (Å²) >= 11 is 0.